The summed E-state index contributed by atoms with van der Waals surface area (Å²) in [5, 5.41) is 0. The number of nitrogens with zero attached hydrogens (tertiary/aromatic N) is 2. The van der Waals surface area contributed by atoms with Crippen molar-refractivity contribution in [3.05, 3.63) is 46.4 Å². The van der Waals surface area contributed by atoms with Crippen molar-refractivity contribution in [2.75, 3.05) is 5.73 Å². The van der Waals surface area contributed by atoms with Gasteiger partial charge in [0, 0.05) is 22.3 Å². The lowest BCUT2D eigenvalue weighted by molar-refractivity contribution is 0.704. The quantitative estimate of drug-likeness (QED) is 0.696. The van der Waals surface area contributed by atoms with Crippen LogP contribution in [-0.4, -0.2) is 9.55 Å². The summed E-state index contributed by atoms with van der Waals surface area (Å²) in [4.78, 5) is 4.84. The molecule has 0 radical (unpaired) electrons. The van der Waals surface area contributed by atoms with E-state index >= 15 is 0 Å². The van der Waals surface area contributed by atoms with Crippen LogP contribution in [0.25, 0.3) is 22.4 Å². The minimum atomic E-state index is 0.750. The van der Waals surface area contributed by atoms with E-state index in [1.165, 1.54) is 11.1 Å². The molecule has 3 aromatic rings. The average molecular weight is 344 g/mol. The number of aryl methyl sites for hydroxylation is 2. The second-order valence-electron chi connectivity index (χ2n) is 5.32. The molecule has 3 rings (SSSR count). The molecule has 3 nitrogen and oxygen atoms in total. The smallest absolute Gasteiger partial charge is 0.142 e. The highest BCUT2D eigenvalue weighted by Gasteiger charge is 2.14. The molecule has 0 aliphatic rings. The number of anilines is 1. The highest BCUT2D eigenvalue weighted by molar-refractivity contribution is 9.10. The number of nitrogen functional groups attached to an aromatic ring is 1. The summed E-state index contributed by atoms with van der Waals surface area (Å²) in [7, 11) is 0. The molecule has 0 fully saturated rings. The lowest BCUT2D eigenvalue weighted by atomic mass is 10.2. The highest BCUT2D eigenvalue weighted by atomic mass is 79.9. The highest BCUT2D eigenvalue weighted by Crippen LogP contribution is 2.32. The van der Waals surface area contributed by atoms with Crippen molar-refractivity contribution in [3.63, 3.8) is 0 Å². The number of hydrogen-bond acceptors (Lipinski definition) is 2. The first-order chi connectivity index (χ1) is 10.1. The van der Waals surface area contributed by atoms with Crippen LogP contribution in [0.2, 0.25) is 0 Å². The molecule has 0 unspecified atom stereocenters. The molecule has 2 N–H and O–H groups in total. The molecule has 0 aliphatic carbocycles. The Balaban J connectivity index is 2.30. The molecular formula is C17H18BrN3. The fourth-order valence-electron chi connectivity index (χ4n) is 2.61. The van der Waals surface area contributed by atoms with E-state index in [4.69, 9.17) is 10.7 Å². The first-order valence-corrected chi connectivity index (χ1v) is 7.91. The summed E-state index contributed by atoms with van der Waals surface area (Å²) in [6.07, 6.45) is 1.06. The molecule has 0 spiro atoms. The van der Waals surface area contributed by atoms with E-state index < -0.39 is 0 Å². The van der Waals surface area contributed by atoms with Gasteiger partial charge in [-0.3, -0.25) is 0 Å². The molecule has 0 saturated heterocycles. The minimum absolute atomic E-state index is 0.750. The van der Waals surface area contributed by atoms with Crippen LogP contribution in [0.5, 0.6) is 0 Å². The summed E-state index contributed by atoms with van der Waals surface area (Å²) in [6, 6.07) is 12.3. The third-order valence-electron chi connectivity index (χ3n) is 3.58. The predicted molar refractivity (Wildman–Crippen MR) is 92.3 cm³/mol. The standard InChI is InChI=1S/C17H18BrN3/c1-3-8-21-16-7-4-11(2)9-15(16)20-17(21)13-10-12(19)5-6-14(13)18/h4-7,9-10H,3,8,19H2,1-2H3. The van der Waals surface area contributed by atoms with Gasteiger partial charge in [-0.1, -0.05) is 28.9 Å². The van der Waals surface area contributed by atoms with Crippen LogP contribution in [0.15, 0.2) is 40.9 Å². The normalized spacial score (nSPS) is 11.2. The lowest BCUT2D eigenvalue weighted by Gasteiger charge is -2.10. The van der Waals surface area contributed by atoms with Gasteiger partial charge < -0.3 is 10.3 Å². The van der Waals surface area contributed by atoms with E-state index in [1.54, 1.807) is 0 Å². The topological polar surface area (TPSA) is 43.8 Å². The maximum Gasteiger partial charge on any atom is 0.142 e. The fourth-order valence-corrected chi connectivity index (χ4v) is 3.03. The molecular weight excluding hydrogens is 326 g/mol. The monoisotopic (exact) mass is 343 g/mol. The second-order valence-corrected chi connectivity index (χ2v) is 6.17. The van der Waals surface area contributed by atoms with Crippen molar-refractivity contribution in [3.8, 4) is 11.4 Å². The van der Waals surface area contributed by atoms with E-state index in [0.29, 0.717) is 0 Å². The number of benzene rings is 2. The lowest BCUT2D eigenvalue weighted by Crippen LogP contribution is -2.00. The SMILES string of the molecule is CCCn1c(-c2cc(N)ccc2Br)nc2cc(C)ccc21. The zero-order valence-electron chi connectivity index (χ0n) is 12.2. The Morgan fingerprint density at radius 1 is 1.19 bits per heavy atom. The van der Waals surface area contributed by atoms with Crippen LogP contribution in [0, 0.1) is 6.92 Å². The van der Waals surface area contributed by atoms with Gasteiger partial charge in [-0.05, 0) is 49.2 Å². The van der Waals surface area contributed by atoms with Crippen LogP contribution in [0.1, 0.15) is 18.9 Å². The summed E-state index contributed by atoms with van der Waals surface area (Å²) in [6.45, 7) is 5.21. The molecule has 0 atom stereocenters. The molecule has 0 amide bonds. The van der Waals surface area contributed by atoms with Crippen molar-refractivity contribution in [1.82, 2.24) is 9.55 Å². The number of fused-ring (bicyclic) bond motifs is 1. The maximum atomic E-state index is 5.95. The van der Waals surface area contributed by atoms with Gasteiger partial charge in [0.2, 0.25) is 0 Å². The molecule has 0 saturated carbocycles. The average Bonchev–Trinajstić information content (AvgIpc) is 2.80. The second kappa shape index (κ2) is 5.53. The number of aromatic nitrogens is 2. The molecule has 1 aromatic heterocycles. The number of nitrogens with two attached hydrogens (primary N) is 1. The number of hydrogen-bond donors (Lipinski definition) is 1. The molecule has 108 valence electrons. The minimum Gasteiger partial charge on any atom is -0.399 e. The van der Waals surface area contributed by atoms with Gasteiger partial charge in [-0.25, -0.2) is 4.98 Å². The van der Waals surface area contributed by atoms with E-state index in [0.717, 1.165) is 40.0 Å². The van der Waals surface area contributed by atoms with Crippen LogP contribution >= 0.6 is 15.9 Å². The largest absolute Gasteiger partial charge is 0.399 e. The van der Waals surface area contributed by atoms with Crippen molar-refractivity contribution < 1.29 is 0 Å². The summed E-state index contributed by atoms with van der Waals surface area (Å²) < 4.78 is 3.29. The van der Waals surface area contributed by atoms with E-state index in [1.807, 2.05) is 18.2 Å². The Morgan fingerprint density at radius 2 is 2.00 bits per heavy atom. The number of halogens is 1. The van der Waals surface area contributed by atoms with Gasteiger partial charge >= 0.3 is 0 Å². The van der Waals surface area contributed by atoms with Gasteiger partial charge in [0.1, 0.15) is 5.82 Å². The third-order valence-corrected chi connectivity index (χ3v) is 4.27. The van der Waals surface area contributed by atoms with E-state index in [-0.39, 0.29) is 0 Å². The maximum absolute atomic E-state index is 5.95. The Hall–Kier alpha value is -1.81. The van der Waals surface area contributed by atoms with Crippen LogP contribution < -0.4 is 5.73 Å². The number of rotatable bonds is 3. The summed E-state index contributed by atoms with van der Waals surface area (Å²) >= 11 is 3.62. The van der Waals surface area contributed by atoms with Crippen molar-refractivity contribution in [2.45, 2.75) is 26.8 Å². The Labute approximate surface area is 132 Å². The zero-order chi connectivity index (χ0) is 15.0. The number of imidazole rings is 1. The van der Waals surface area contributed by atoms with Gasteiger partial charge in [-0.15, -0.1) is 0 Å². The molecule has 21 heavy (non-hydrogen) atoms. The van der Waals surface area contributed by atoms with Crippen molar-refractivity contribution in [1.29, 1.82) is 0 Å². The van der Waals surface area contributed by atoms with Crippen molar-refractivity contribution >= 4 is 32.7 Å². The first-order valence-electron chi connectivity index (χ1n) is 7.12. The van der Waals surface area contributed by atoms with E-state index in [9.17, 15) is 0 Å². The predicted octanol–water partition coefficient (Wildman–Crippen LogP) is 4.77. The van der Waals surface area contributed by atoms with Crippen molar-refractivity contribution in [2.24, 2.45) is 0 Å². The fraction of sp³-hybridized carbons (Fsp3) is 0.235. The molecule has 0 aliphatic heterocycles. The van der Waals surface area contributed by atoms with Gasteiger partial charge in [-0.2, -0.15) is 0 Å². The zero-order valence-corrected chi connectivity index (χ0v) is 13.8. The van der Waals surface area contributed by atoms with Gasteiger partial charge in [0.15, 0.2) is 0 Å². The van der Waals surface area contributed by atoms with Crippen LogP contribution in [0.4, 0.5) is 5.69 Å². The molecule has 2 aromatic carbocycles. The van der Waals surface area contributed by atoms with Gasteiger partial charge in [0.05, 0.1) is 11.0 Å². The van der Waals surface area contributed by atoms with Crippen LogP contribution in [0.3, 0.4) is 0 Å². The molecule has 0 bridgehead atoms. The first kappa shape index (κ1) is 14.1. The Bertz CT molecular complexity index is 805. The Morgan fingerprint density at radius 3 is 2.76 bits per heavy atom. The van der Waals surface area contributed by atoms with Crippen LogP contribution in [-0.2, 0) is 6.54 Å². The molecule has 4 heteroatoms. The van der Waals surface area contributed by atoms with E-state index in [2.05, 4.69) is 52.5 Å². The Kier molecular flexibility index (Phi) is 3.72. The molecule has 1 heterocycles. The van der Waals surface area contributed by atoms with Gasteiger partial charge in [0.25, 0.3) is 0 Å². The summed E-state index contributed by atoms with van der Waals surface area (Å²) in [5.74, 6) is 0.969. The summed E-state index contributed by atoms with van der Waals surface area (Å²) in [5.41, 5.74) is 11.2. The third kappa shape index (κ3) is 2.56.